The molecule has 4 rings (SSSR count). The molecule has 2 aromatic carbocycles. The van der Waals surface area contributed by atoms with E-state index in [4.69, 9.17) is 14.2 Å². The smallest absolute Gasteiger partial charge is 0.343 e. The van der Waals surface area contributed by atoms with Gasteiger partial charge in [-0.1, -0.05) is 30.3 Å². The summed E-state index contributed by atoms with van der Waals surface area (Å²) in [5.74, 6) is 0.454. The number of hydrogen-bond acceptors (Lipinski definition) is 7. The fourth-order valence-corrected chi connectivity index (χ4v) is 3.37. The van der Waals surface area contributed by atoms with E-state index in [-0.39, 0.29) is 24.5 Å². The van der Waals surface area contributed by atoms with Gasteiger partial charge in [-0.05, 0) is 41.2 Å². The molecule has 0 radical (unpaired) electrons. The van der Waals surface area contributed by atoms with Crippen molar-refractivity contribution in [2.45, 2.75) is 13.5 Å². The van der Waals surface area contributed by atoms with E-state index in [0.29, 0.717) is 30.5 Å². The van der Waals surface area contributed by atoms with Gasteiger partial charge in [0.25, 0.3) is 0 Å². The van der Waals surface area contributed by atoms with Gasteiger partial charge in [0, 0.05) is 6.08 Å². The molecule has 0 unspecified atom stereocenters. The number of para-hydroxylation sites is 1. The number of imidazole rings is 1. The number of aromatic nitrogens is 2. The van der Waals surface area contributed by atoms with E-state index < -0.39 is 10.9 Å². The van der Waals surface area contributed by atoms with Gasteiger partial charge in [-0.25, -0.2) is 14.3 Å². The minimum atomic E-state index is -0.591. The van der Waals surface area contributed by atoms with Gasteiger partial charge in [-0.3, -0.25) is 0 Å². The lowest BCUT2D eigenvalue weighted by Gasteiger charge is -2.20. The second kappa shape index (κ2) is 9.34. The molecule has 0 amide bonds. The molecule has 3 aromatic rings. The van der Waals surface area contributed by atoms with Crippen molar-refractivity contribution in [3.05, 3.63) is 81.3 Å². The largest absolute Gasteiger partial charge is 0.486 e. The summed E-state index contributed by atoms with van der Waals surface area (Å²) in [4.78, 5) is 27.6. The van der Waals surface area contributed by atoms with E-state index in [1.54, 1.807) is 24.3 Å². The monoisotopic (exact) mass is 435 g/mol. The molecule has 0 bridgehead atoms. The van der Waals surface area contributed by atoms with Gasteiger partial charge in [0.1, 0.15) is 38.1 Å². The van der Waals surface area contributed by atoms with Crippen LogP contribution in [0.5, 0.6) is 11.5 Å². The van der Waals surface area contributed by atoms with Crippen LogP contribution in [0.4, 0.5) is 5.82 Å². The molecular formula is C23H21N3O6. The number of esters is 1. The van der Waals surface area contributed by atoms with Gasteiger partial charge in [0.2, 0.25) is 5.82 Å². The number of carbonyl (C=O) groups is 1. The fourth-order valence-electron chi connectivity index (χ4n) is 3.37. The number of hydrogen-bond donors (Lipinski definition) is 0. The van der Waals surface area contributed by atoms with Crippen molar-refractivity contribution in [2.24, 2.45) is 0 Å². The van der Waals surface area contributed by atoms with Crippen molar-refractivity contribution in [2.75, 3.05) is 19.8 Å². The zero-order valence-corrected chi connectivity index (χ0v) is 17.4. The quantitative estimate of drug-likeness (QED) is 0.315. The van der Waals surface area contributed by atoms with Crippen LogP contribution in [-0.4, -0.2) is 40.3 Å². The summed E-state index contributed by atoms with van der Waals surface area (Å²) >= 11 is 0. The highest BCUT2D eigenvalue weighted by Gasteiger charge is 2.23. The molecule has 0 saturated heterocycles. The van der Waals surface area contributed by atoms with Crippen molar-refractivity contribution >= 4 is 23.9 Å². The second-order valence-electron chi connectivity index (χ2n) is 7.04. The van der Waals surface area contributed by atoms with E-state index in [2.05, 4.69) is 4.98 Å². The maximum Gasteiger partial charge on any atom is 0.343 e. The number of rotatable bonds is 7. The SMILES string of the molecule is Cc1ccccc1/C=C\c1ncc([N+](=O)[O-])n1CCOC(=O)c1cccc2c1OCCO2. The van der Waals surface area contributed by atoms with Crippen LogP contribution in [0.25, 0.3) is 12.2 Å². The Morgan fingerprint density at radius 2 is 2.00 bits per heavy atom. The molecule has 1 aromatic heterocycles. The van der Waals surface area contributed by atoms with Crippen LogP contribution >= 0.6 is 0 Å². The summed E-state index contributed by atoms with van der Waals surface area (Å²) in [7, 11) is 0. The molecule has 9 heteroatoms. The van der Waals surface area contributed by atoms with E-state index >= 15 is 0 Å². The van der Waals surface area contributed by atoms with Gasteiger partial charge < -0.3 is 24.3 Å². The first-order chi connectivity index (χ1) is 15.5. The van der Waals surface area contributed by atoms with E-state index in [1.807, 2.05) is 37.3 Å². The average molecular weight is 435 g/mol. The van der Waals surface area contributed by atoms with Crippen LogP contribution in [0.3, 0.4) is 0 Å². The molecule has 164 valence electrons. The van der Waals surface area contributed by atoms with Crippen LogP contribution in [0.2, 0.25) is 0 Å². The molecule has 9 nitrogen and oxygen atoms in total. The Bertz CT molecular complexity index is 1180. The maximum absolute atomic E-state index is 12.6. The molecular weight excluding hydrogens is 414 g/mol. The van der Waals surface area contributed by atoms with Crippen molar-refractivity contribution < 1.29 is 23.9 Å². The van der Waals surface area contributed by atoms with Crippen LogP contribution in [0.1, 0.15) is 27.3 Å². The lowest BCUT2D eigenvalue weighted by Crippen LogP contribution is -2.19. The lowest BCUT2D eigenvalue weighted by molar-refractivity contribution is -0.392. The maximum atomic E-state index is 12.6. The molecule has 1 aliphatic rings. The summed E-state index contributed by atoms with van der Waals surface area (Å²) in [6.07, 6.45) is 4.74. The van der Waals surface area contributed by atoms with Crippen molar-refractivity contribution in [1.82, 2.24) is 9.55 Å². The topological polar surface area (TPSA) is 106 Å². The normalized spacial score (nSPS) is 12.7. The molecule has 0 fully saturated rings. The van der Waals surface area contributed by atoms with Crippen LogP contribution in [-0.2, 0) is 11.3 Å². The molecule has 0 saturated carbocycles. The minimum absolute atomic E-state index is 0.0713. The zero-order valence-electron chi connectivity index (χ0n) is 17.4. The Hall–Kier alpha value is -4.14. The summed E-state index contributed by atoms with van der Waals surface area (Å²) in [5, 5.41) is 11.4. The molecule has 0 aliphatic carbocycles. The van der Waals surface area contributed by atoms with Gasteiger partial charge in [-0.15, -0.1) is 0 Å². The highest BCUT2D eigenvalue weighted by Crippen LogP contribution is 2.34. The van der Waals surface area contributed by atoms with Gasteiger partial charge >= 0.3 is 11.8 Å². The molecule has 0 N–H and O–H groups in total. The van der Waals surface area contributed by atoms with Crippen LogP contribution < -0.4 is 9.47 Å². The Morgan fingerprint density at radius 1 is 1.19 bits per heavy atom. The van der Waals surface area contributed by atoms with Crippen molar-refractivity contribution in [3.8, 4) is 11.5 Å². The number of aryl methyl sites for hydroxylation is 1. The Kier molecular flexibility index (Phi) is 6.16. The third-order valence-corrected chi connectivity index (χ3v) is 4.99. The number of benzene rings is 2. The first kappa shape index (κ1) is 21.1. The highest BCUT2D eigenvalue weighted by molar-refractivity contribution is 5.93. The molecule has 2 heterocycles. The van der Waals surface area contributed by atoms with E-state index in [1.165, 1.54) is 10.8 Å². The number of fused-ring (bicyclic) bond motifs is 1. The predicted molar refractivity (Wildman–Crippen MR) is 117 cm³/mol. The fraction of sp³-hybridized carbons (Fsp3) is 0.217. The van der Waals surface area contributed by atoms with Crippen molar-refractivity contribution in [3.63, 3.8) is 0 Å². The second-order valence-corrected chi connectivity index (χ2v) is 7.04. The number of nitro groups is 1. The van der Waals surface area contributed by atoms with E-state index in [0.717, 1.165) is 11.1 Å². The predicted octanol–water partition coefficient (Wildman–Crippen LogP) is 3.90. The minimum Gasteiger partial charge on any atom is -0.486 e. The molecule has 0 atom stereocenters. The van der Waals surface area contributed by atoms with Crippen LogP contribution in [0.15, 0.2) is 48.7 Å². The third kappa shape index (κ3) is 4.46. The Labute approximate surface area is 184 Å². The van der Waals surface area contributed by atoms with Gasteiger partial charge in [-0.2, -0.15) is 0 Å². The standard InChI is InChI=1S/C23H21N3O6/c1-16-5-2-3-6-17(16)9-10-20-24-15-21(26(28)29)25(20)11-12-32-23(27)18-7-4-8-19-22(18)31-14-13-30-19/h2-10,15H,11-14H2,1H3/b10-9-. The summed E-state index contributed by atoms with van der Waals surface area (Å²) in [6, 6.07) is 12.8. The molecule has 32 heavy (non-hydrogen) atoms. The average Bonchev–Trinajstić information content (AvgIpc) is 3.21. The number of ether oxygens (including phenoxy) is 3. The number of nitrogens with zero attached hydrogens (tertiary/aromatic N) is 3. The highest BCUT2D eigenvalue weighted by atomic mass is 16.6. The number of carbonyl (C=O) groups excluding carboxylic acids is 1. The zero-order chi connectivity index (χ0) is 22.5. The Morgan fingerprint density at radius 3 is 2.81 bits per heavy atom. The third-order valence-electron chi connectivity index (χ3n) is 4.99. The Balaban J connectivity index is 1.48. The molecule has 1 aliphatic heterocycles. The summed E-state index contributed by atoms with van der Waals surface area (Å²) in [5.41, 5.74) is 2.30. The van der Waals surface area contributed by atoms with Crippen molar-refractivity contribution in [1.29, 1.82) is 0 Å². The first-order valence-electron chi connectivity index (χ1n) is 10.0. The molecule has 0 spiro atoms. The van der Waals surface area contributed by atoms with Gasteiger partial charge in [0.05, 0.1) is 0 Å². The summed E-state index contributed by atoms with van der Waals surface area (Å²) < 4.78 is 17.8. The summed E-state index contributed by atoms with van der Waals surface area (Å²) in [6.45, 7) is 2.72. The van der Waals surface area contributed by atoms with Gasteiger partial charge in [0.15, 0.2) is 11.5 Å². The van der Waals surface area contributed by atoms with Crippen LogP contribution in [0, 0.1) is 17.0 Å². The van der Waals surface area contributed by atoms with E-state index in [9.17, 15) is 14.9 Å². The lowest BCUT2D eigenvalue weighted by atomic mass is 10.1. The first-order valence-corrected chi connectivity index (χ1v) is 10.0.